The van der Waals surface area contributed by atoms with Crippen molar-refractivity contribution in [1.29, 1.82) is 0 Å². The van der Waals surface area contributed by atoms with Crippen LogP contribution in [-0.2, 0) is 37.8 Å². The second-order valence-corrected chi connectivity index (χ2v) is 14.1. The van der Waals surface area contributed by atoms with Crippen LogP contribution in [0.1, 0.15) is 41.5 Å². The van der Waals surface area contributed by atoms with E-state index in [1.54, 1.807) is 0 Å². The van der Waals surface area contributed by atoms with Gasteiger partial charge in [0.15, 0.2) is 6.10 Å². The number of hydrogen-bond acceptors (Lipinski definition) is 8. The molecule has 2 aromatic carbocycles. The van der Waals surface area contributed by atoms with Gasteiger partial charge in [0, 0.05) is 20.8 Å². The van der Waals surface area contributed by atoms with Gasteiger partial charge in [0.25, 0.3) is 8.32 Å². The summed E-state index contributed by atoms with van der Waals surface area (Å²) in [6, 6.07) is 20.1. The Morgan fingerprint density at radius 1 is 0.750 bits per heavy atom. The van der Waals surface area contributed by atoms with Crippen molar-refractivity contribution in [2.75, 3.05) is 6.61 Å². The molecule has 36 heavy (non-hydrogen) atoms. The maximum Gasteiger partial charge on any atom is 0.305 e. The second-order valence-electron chi connectivity index (χ2n) is 9.77. The fourth-order valence-electron chi connectivity index (χ4n) is 4.70. The van der Waals surface area contributed by atoms with Gasteiger partial charge in [-0.25, -0.2) is 0 Å². The van der Waals surface area contributed by atoms with E-state index in [-0.39, 0.29) is 11.6 Å². The van der Waals surface area contributed by atoms with Crippen molar-refractivity contribution in [3.05, 3.63) is 60.7 Å². The molecule has 0 aliphatic carbocycles. The second kappa shape index (κ2) is 11.4. The van der Waals surface area contributed by atoms with E-state index in [9.17, 15) is 14.4 Å². The van der Waals surface area contributed by atoms with Gasteiger partial charge in [0.05, 0.1) is 6.61 Å². The van der Waals surface area contributed by atoms with Gasteiger partial charge in [0.1, 0.15) is 6.10 Å². The SMILES string of the molecule is CC(=O)OC1[C@@H](CO[Si](c2ccccc2)(c2ccccc2)C(C)(C)C)O[C@H](OC(C)=O)[C@H]1OC(C)=O. The van der Waals surface area contributed by atoms with Gasteiger partial charge in [-0.05, 0) is 15.4 Å². The number of carbonyl (C=O) groups excluding carboxylic acids is 3. The smallest absolute Gasteiger partial charge is 0.305 e. The number of benzene rings is 2. The third-order valence-electron chi connectivity index (χ3n) is 6.03. The molecular formula is C27H34O8Si. The monoisotopic (exact) mass is 514 g/mol. The lowest BCUT2D eigenvalue weighted by Crippen LogP contribution is -2.67. The maximum absolute atomic E-state index is 12.0. The minimum Gasteiger partial charge on any atom is -0.455 e. The van der Waals surface area contributed by atoms with Crippen molar-refractivity contribution in [3.8, 4) is 0 Å². The van der Waals surface area contributed by atoms with Gasteiger partial charge in [-0.15, -0.1) is 0 Å². The molecule has 1 saturated heterocycles. The zero-order chi connectivity index (χ0) is 26.5. The van der Waals surface area contributed by atoms with Crippen LogP contribution < -0.4 is 10.4 Å². The van der Waals surface area contributed by atoms with Crippen molar-refractivity contribution in [1.82, 2.24) is 0 Å². The first kappa shape index (κ1) is 27.6. The molecule has 0 amide bonds. The molecule has 1 unspecified atom stereocenters. The molecule has 0 bridgehead atoms. The fraction of sp³-hybridized carbons (Fsp3) is 0.444. The van der Waals surface area contributed by atoms with Crippen LogP contribution in [0.15, 0.2) is 60.7 Å². The average Bonchev–Trinajstić information content (AvgIpc) is 3.09. The highest BCUT2D eigenvalue weighted by Gasteiger charge is 2.54. The molecule has 1 aliphatic heterocycles. The molecule has 1 aliphatic rings. The maximum atomic E-state index is 12.0. The summed E-state index contributed by atoms with van der Waals surface area (Å²) in [4.78, 5) is 35.5. The van der Waals surface area contributed by atoms with Crippen LogP contribution in [0.3, 0.4) is 0 Å². The van der Waals surface area contributed by atoms with E-state index in [2.05, 4.69) is 45.0 Å². The van der Waals surface area contributed by atoms with Gasteiger partial charge in [0.2, 0.25) is 12.4 Å². The average molecular weight is 515 g/mol. The molecular weight excluding hydrogens is 480 g/mol. The molecule has 0 radical (unpaired) electrons. The zero-order valence-corrected chi connectivity index (χ0v) is 22.6. The molecule has 194 valence electrons. The van der Waals surface area contributed by atoms with Crippen LogP contribution in [0, 0.1) is 0 Å². The summed E-state index contributed by atoms with van der Waals surface area (Å²) >= 11 is 0. The molecule has 0 N–H and O–H groups in total. The van der Waals surface area contributed by atoms with E-state index in [0.717, 1.165) is 10.4 Å². The first-order chi connectivity index (χ1) is 17.0. The summed E-state index contributed by atoms with van der Waals surface area (Å²) in [5, 5.41) is 1.84. The van der Waals surface area contributed by atoms with Crippen LogP contribution >= 0.6 is 0 Å². The molecule has 8 nitrogen and oxygen atoms in total. The van der Waals surface area contributed by atoms with E-state index in [4.69, 9.17) is 23.4 Å². The van der Waals surface area contributed by atoms with Crippen LogP contribution in [-0.4, -0.2) is 57.4 Å². The Bertz CT molecular complexity index is 1010. The van der Waals surface area contributed by atoms with Gasteiger partial charge in [-0.3, -0.25) is 14.4 Å². The van der Waals surface area contributed by atoms with E-state index in [0.29, 0.717) is 0 Å². The Hall–Kier alpha value is -3.01. The number of carbonyl (C=O) groups is 3. The topological polar surface area (TPSA) is 97.4 Å². The quantitative estimate of drug-likeness (QED) is 0.301. The first-order valence-corrected chi connectivity index (χ1v) is 13.8. The molecule has 4 atom stereocenters. The predicted octanol–water partition coefficient (Wildman–Crippen LogP) is 2.71. The largest absolute Gasteiger partial charge is 0.455 e. The highest BCUT2D eigenvalue weighted by Crippen LogP contribution is 2.38. The van der Waals surface area contributed by atoms with Crippen molar-refractivity contribution in [3.63, 3.8) is 0 Å². The lowest BCUT2D eigenvalue weighted by Gasteiger charge is -2.43. The normalized spacial score (nSPS) is 22.1. The van der Waals surface area contributed by atoms with E-state index in [1.807, 2.05) is 36.4 Å². The van der Waals surface area contributed by atoms with Crippen LogP contribution in [0.5, 0.6) is 0 Å². The molecule has 0 spiro atoms. The highest BCUT2D eigenvalue weighted by molar-refractivity contribution is 6.99. The summed E-state index contributed by atoms with van der Waals surface area (Å²) in [7, 11) is -2.93. The Labute approximate surface area is 213 Å². The summed E-state index contributed by atoms with van der Waals surface area (Å²) in [6.07, 6.45) is -4.22. The van der Waals surface area contributed by atoms with Crippen LogP contribution in [0.2, 0.25) is 5.04 Å². The van der Waals surface area contributed by atoms with Crippen molar-refractivity contribution < 1.29 is 37.8 Å². The standard InChI is InChI=1S/C27H34O8Si/c1-18(28)32-24-23(35-26(34-20(3)30)25(24)33-19(2)29)17-31-36(27(4,5)6,21-13-9-7-10-14-21)22-15-11-8-12-16-22/h7-16,23-26H,17H2,1-6H3/t23-,24?,25+,26+/m1/s1. The van der Waals surface area contributed by atoms with Crippen LogP contribution in [0.25, 0.3) is 0 Å². The van der Waals surface area contributed by atoms with Gasteiger partial charge in [-0.1, -0.05) is 81.4 Å². The third kappa shape index (κ3) is 6.03. The summed E-state index contributed by atoms with van der Waals surface area (Å²) < 4.78 is 29.0. The summed E-state index contributed by atoms with van der Waals surface area (Å²) in [5.74, 6) is -1.82. The van der Waals surface area contributed by atoms with E-state index >= 15 is 0 Å². The third-order valence-corrected chi connectivity index (χ3v) is 11.0. The van der Waals surface area contributed by atoms with Crippen molar-refractivity contribution >= 4 is 36.6 Å². The molecule has 1 fully saturated rings. The Kier molecular flexibility index (Phi) is 8.70. The summed E-state index contributed by atoms with van der Waals surface area (Å²) in [6.45, 7) is 10.1. The van der Waals surface area contributed by atoms with E-state index in [1.165, 1.54) is 20.8 Å². The molecule has 0 saturated carbocycles. The Morgan fingerprint density at radius 2 is 1.19 bits per heavy atom. The minimum atomic E-state index is -2.93. The molecule has 2 aromatic rings. The molecule has 3 rings (SSSR count). The minimum absolute atomic E-state index is 0.0146. The lowest BCUT2D eigenvalue weighted by molar-refractivity contribution is -0.196. The number of rotatable bonds is 8. The predicted molar refractivity (Wildman–Crippen MR) is 135 cm³/mol. The van der Waals surface area contributed by atoms with E-state index < -0.39 is 50.8 Å². The van der Waals surface area contributed by atoms with Gasteiger partial charge in [-0.2, -0.15) is 0 Å². The highest BCUT2D eigenvalue weighted by atomic mass is 28.4. The first-order valence-electron chi connectivity index (χ1n) is 11.9. The summed E-state index contributed by atoms with van der Waals surface area (Å²) in [5.41, 5.74) is 0. The number of esters is 3. The molecule has 1 heterocycles. The lowest BCUT2D eigenvalue weighted by atomic mass is 10.1. The zero-order valence-electron chi connectivity index (χ0n) is 21.6. The van der Waals surface area contributed by atoms with Crippen LogP contribution in [0.4, 0.5) is 0 Å². The van der Waals surface area contributed by atoms with Gasteiger partial charge >= 0.3 is 17.9 Å². The fourth-order valence-corrected chi connectivity index (χ4v) is 9.27. The Morgan fingerprint density at radius 3 is 1.61 bits per heavy atom. The number of hydrogen-bond donors (Lipinski definition) is 0. The number of ether oxygens (including phenoxy) is 4. The molecule has 9 heteroatoms. The van der Waals surface area contributed by atoms with Crippen molar-refractivity contribution in [2.45, 2.75) is 71.2 Å². The molecule has 0 aromatic heterocycles. The Balaban J connectivity index is 2.03. The van der Waals surface area contributed by atoms with Crippen molar-refractivity contribution in [2.24, 2.45) is 0 Å². The van der Waals surface area contributed by atoms with Gasteiger partial charge < -0.3 is 23.4 Å².